The van der Waals surface area contributed by atoms with E-state index in [0.29, 0.717) is 13.0 Å². The third-order valence-corrected chi connectivity index (χ3v) is 4.61. The second-order valence-electron chi connectivity index (χ2n) is 6.18. The maximum absolute atomic E-state index is 12.8. The van der Waals surface area contributed by atoms with Crippen LogP contribution in [0.15, 0.2) is 18.2 Å². The number of alkyl halides is 3. The topological polar surface area (TPSA) is 45.2 Å². The van der Waals surface area contributed by atoms with Crippen molar-refractivity contribution in [1.29, 1.82) is 0 Å². The Morgan fingerprint density at radius 3 is 2.82 bits per heavy atom. The van der Waals surface area contributed by atoms with Crippen LogP contribution in [0.4, 0.5) is 19.0 Å². The van der Waals surface area contributed by atoms with Gasteiger partial charge in [-0.05, 0) is 44.9 Å². The van der Waals surface area contributed by atoms with Crippen molar-refractivity contribution < 1.29 is 18.0 Å². The number of piperidine rings is 1. The molecule has 3 rings (SSSR count). The number of halogens is 3. The number of aromatic nitrogens is 1. The summed E-state index contributed by atoms with van der Waals surface area (Å²) in [6.45, 7) is 3.22. The van der Waals surface area contributed by atoms with E-state index in [2.05, 4.69) is 10.3 Å². The van der Waals surface area contributed by atoms with Crippen molar-refractivity contribution in [1.82, 2.24) is 10.3 Å². The summed E-state index contributed by atoms with van der Waals surface area (Å²) < 4.78 is 38.3. The molecule has 1 N–H and O–H groups in total. The van der Waals surface area contributed by atoms with E-state index in [-0.39, 0.29) is 17.8 Å². The highest BCUT2D eigenvalue weighted by atomic mass is 19.4. The molecular formula is C15H18F3N3O. The lowest BCUT2D eigenvalue weighted by Gasteiger charge is -2.35. The van der Waals surface area contributed by atoms with Crippen LogP contribution >= 0.6 is 0 Å². The minimum Gasteiger partial charge on any atom is -0.314 e. The van der Waals surface area contributed by atoms with Crippen LogP contribution in [-0.2, 0) is 11.0 Å². The van der Waals surface area contributed by atoms with Gasteiger partial charge in [-0.1, -0.05) is 6.07 Å². The van der Waals surface area contributed by atoms with Crippen LogP contribution in [0.1, 0.15) is 31.9 Å². The fraction of sp³-hybridized carbons (Fsp3) is 0.600. The van der Waals surface area contributed by atoms with Crippen LogP contribution in [0.5, 0.6) is 0 Å². The number of carbonyl (C=O) groups is 1. The summed E-state index contributed by atoms with van der Waals surface area (Å²) in [6.07, 6.45) is -2.37. The molecule has 2 aliphatic rings. The van der Waals surface area contributed by atoms with Crippen LogP contribution in [-0.4, -0.2) is 30.0 Å². The van der Waals surface area contributed by atoms with E-state index >= 15 is 0 Å². The number of pyridine rings is 1. The predicted molar refractivity (Wildman–Crippen MR) is 75.3 cm³/mol. The molecule has 0 radical (unpaired) electrons. The zero-order valence-corrected chi connectivity index (χ0v) is 12.3. The Bertz CT molecular complexity index is 590. The van der Waals surface area contributed by atoms with Gasteiger partial charge in [-0.15, -0.1) is 0 Å². The lowest BCUT2D eigenvalue weighted by Crippen LogP contribution is -2.46. The van der Waals surface area contributed by atoms with Gasteiger partial charge in [-0.3, -0.25) is 9.69 Å². The van der Waals surface area contributed by atoms with Crippen molar-refractivity contribution in [2.45, 2.75) is 38.4 Å². The number of rotatable bonds is 1. The van der Waals surface area contributed by atoms with Crippen LogP contribution in [0.25, 0.3) is 0 Å². The van der Waals surface area contributed by atoms with E-state index in [1.165, 1.54) is 17.0 Å². The summed E-state index contributed by atoms with van der Waals surface area (Å²) in [4.78, 5) is 17.8. The van der Waals surface area contributed by atoms with Gasteiger partial charge in [0.1, 0.15) is 11.5 Å². The third kappa shape index (κ3) is 2.58. The Morgan fingerprint density at radius 1 is 1.36 bits per heavy atom. The Hall–Kier alpha value is -1.63. The van der Waals surface area contributed by atoms with Gasteiger partial charge >= 0.3 is 6.18 Å². The molecule has 0 saturated carbocycles. The van der Waals surface area contributed by atoms with Crippen molar-refractivity contribution in [3.8, 4) is 0 Å². The van der Waals surface area contributed by atoms with E-state index in [1.54, 1.807) is 0 Å². The highest BCUT2D eigenvalue weighted by Gasteiger charge is 2.49. The maximum atomic E-state index is 12.8. The van der Waals surface area contributed by atoms with Crippen molar-refractivity contribution >= 4 is 11.7 Å². The van der Waals surface area contributed by atoms with Gasteiger partial charge in [0.05, 0.1) is 5.41 Å². The Balaban J connectivity index is 1.87. The highest BCUT2D eigenvalue weighted by Crippen LogP contribution is 2.43. The number of nitrogens with zero attached hydrogens (tertiary/aromatic N) is 2. The highest BCUT2D eigenvalue weighted by molar-refractivity contribution is 5.99. The summed E-state index contributed by atoms with van der Waals surface area (Å²) in [6, 6.07) is 3.93. The second kappa shape index (κ2) is 5.22. The number of hydrogen-bond acceptors (Lipinski definition) is 3. The minimum atomic E-state index is -4.50. The molecule has 2 aliphatic heterocycles. The molecule has 2 unspecified atom stereocenters. The second-order valence-corrected chi connectivity index (χ2v) is 6.18. The molecule has 4 nitrogen and oxygen atoms in total. The van der Waals surface area contributed by atoms with E-state index in [9.17, 15) is 18.0 Å². The summed E-state index contributed by atoms with van der Waals surface area (Å²) in [5.74, 6) is 0.00978. The van der Waals surface area contributed by atoms with Gasteiger partial charge in [-0.25, -0.2) is 4.98 Å². The SMILES string of the molecule is CC1CC2(CCN1)CCN(c1cccc(C(F)(F)F)n1)C2=O. The molecule has 2 saturated heterocycles. The summed E-state index contributed by atoms with van der Waals surface area (Å²) >= 11 is 0. The predicted octanol–water partition coefficient (Wildman–Crippen LogP) is 2.60. The zero-order chi connectivity index (χ0) is 16.0. The number of carbonyl (C=O) groups excluding carboxylic acids is 1. The smallest absolute Gasteiger partial charge is 0.314 e. The normalized spacial score (nSPS) is 29.4. The fourth-order valence-electron chi connectivity index (χ4n) is 3.51. The quantitative estimate of drug-likeness (QED) is 0.867. The van der Waals surface area contributed by atoms with E-state index in [4.69, 9.17) is 0 Å². The van der Waals surface area contributed by atoms with Gasteiger partial charge in [0.25, 0.3) is 0 Å². The molecule has 1 aromatic heterocycles. The fourth-order valence-corrected chi connectivity index (χ4v) is 3.51. The number of hydrogen-bond donors (Lipinski definition) is 1. The molecule has 1 amide bonds. The lowest BCUT2D eigenvalue weighted by atomic mass is 9.75. The molecule has 0 aromatic carbocycles. The van der Waals surface area contributed by atoms with Crippen LogP contribution in [0, 0.1) is 5.41 Å². The number of anilines is 1. The third-order valence-electron chi connectivity index (χ3n) is 4.61. The molecule has 1 aromatic rings. The first-order valence-electron chi connectivity index (χ1n) is 7.41. The van der Waals surface area contributed by atoms with Crippen molar-refractivity contribution in [2.75, 3.05) is 18.0 Å². The van der Waals surface area contributed by atoms with Gasteiger partial charge in [0.2, 0.25) is 5.91 Å². The van der Waals surface area contributed by atoms with Crippen LogP contribution in [0.2, 0.25) is 0 Å². The van der Waals surface area contributed by atoms with Gasteiger partial charge in [-0.2, -0.15) is 13.2 Å². The largest absolute Gasteiger partial charge is 0.433 e. The molecule has 7 heteroatoms. The van der Waals surface area contributed by atoms with E-state index in [1.807, 2.05) is 6.92 Å². The Morgan fingerprint density at radius 2 is 2.14 bits per heavy atom. The van der Waals surface area contributed by atoms with E-state index in [0.717, 1.165) is 25.5 Å². The lowest BCUT2D eigenvalue weighted by molar-refractivity contribution is -0.141. The maximum Gasteiger partial charge on any atom is 0.433 e. The molecule has 2 fully saturated rings. The molecule has 1 spiro atoms. The molecular weight excluding hydrogens is 295 g/mol. The summed E-state index contributed by atoms with van der Waals surface area (Å²) in [5, 5.41) is 3.30. The number of amides is 1. The minimum absolute atomic E-state index is 0.0901. The average Bonchev–Trinajstić information content (AvgIpc) is 2.75. The van der Waals surface area contributed by atoms with Gasteiger partial charge in [0, 0.05) is 12.6 Å². The first-order chi connectivity index (χ1) is 10.3. The molecule has 2 atom stereocenters. The van der Waals surface area contributed by atoms with Crippen molar-refractivity contribution in [3.05, 3.63) is 23.9 Å². The van der Waals surface area contributed by atoms with Gasteiger partial charge < -0.3 is 5.32 Å². The van der Waals surface area contributed by atoms with Crippen molar-refractivity contribution in [3.63, 3.8) is 0 Å². The Kier molecular flexibility index (Phi) is 3.63. The molecule has 22 heavy (non-hydrogen) atoms. The molecule has 3 heterocycles. The van der Waals surface area contributed by atoms with Crippen molar-refractivity contribution in [2.24, 2.45) is 5.41 Å². The molecule has 0 aliphatic carbocycles. The van der Waals surface area contributed by atoms with Gasteiger partial charge in [0.15, 0.2) is 0 Å². The summed E-state index contributed by atoms with van der Waals surface area (Å²) in [5.41, 5.74) is -1.40. The van der Waals surface area contributed by atoms with E-state index < -0.39 is 17.3 Å². The summed E-state index contributed by atoms with van der Waals surface area (Å²) in [7, 11) is 0. The first-order valence-corrected chi connectivity index (χ1v) is 7.41. The zero-order valence-electron chi connectivity index (χ0n) is 12.3. The average molecular weight is 313 g/mol. The Labute approximate surface area is 126 Å². The first kappa shape index (κ1) is 15.3. The number of nitrogens with one attached hydrogen (secondary N) is 1. The molecule has 0 bridgehead atoms. The standard InChI is InChI=1S/C15H18F3N3O/c1-10-9-14(5-7-19-10)6-8-21(13(14)22)12-4-2-3-11(20-12)15(16,17)18/h2-4,10,19H,5-9H2,1H3. The molecule has 120 valence electrons. The monoisotopic (exact) mass is 313 g/mol. The van der Waals surface area contributed by atoms with Crippen LogP contribution < -0.4 is 10.2 Å². The van der Waals surface area contributed by atoms with Crippen LogP contribution in [0.3, 0.4) is 0 Å².